The van der Waals surface area contributed by atoms with Crippen molar-refractivity contribution in [3.8, 4) is 0 Å². The van der Waals surface area contributed by atoms with Gasteiger partial charge >= 0.3 is 0 Å². The maximum Gasteiger partial charge on any atom is 0.272 e. The van der Waals surface area contributed by atoms with E-state index in [1.54, 1.807) is 24.8 Å². The van der Waals surface area contributed by atoms with Gasteiger partial charge in [0.1, 0.15) is 0 Å². The molecule has 114 valence electrons. The minimum atomic E-state index is -0.449. The second kappa shape index (κ2) is 6.22. The summed E-state index contributed by atoms with van der Waals surface area (Å²) < 4.78 is 0. The molecule has 1 aliphatic rings. The summed E-state index contributed by atoms with van der Waals surface area (Å²) in [5.41, 5.74) is 0.973. The Labute approximate surface area is 123 Å². The number of likely N-dealkylation sites (tertiary alicyclic amines) is 1. The van der Waals surface area contributed by atoms with Gasteiger partial charge in [-0.05, 0) is 45.2 Å². The summed E-state index contributed by atoms with van der Waals surface area (Å²) in [4.78, 5) is 24.7. The first-order chi connectivity index (χ1) is 9.90. The lowest BCUT2D eigenvalue weighted by Gasteiger charge is -2.25. The van der Waals surface area contributed by atoms with Crippen LogP contribution in [-0.4, -0.2) is 39.5 Å². The van der Waals surface area contributed by atoms with Crippen LogP contribution in [0, 0.1) is 17.0 Å². The Kier molecular flexibility index (Phi) is 4.57. The average Bonchev–Trinajstić information content (AvgIpc) is 2.84. The lowest BCUT2D eigenvalue weighted by molar-refractivity contribution is -0.385. The second-order valence-corrected chi connectivity index (χ2v) is 5.64. The van der Waals surface area contributed by atoms with Crippen LogP contribution in [0.1, 0.15) is 42.1 Å². The van der Waals surface area contributed by atoms with Crippen molar-refractivity contribution >= 4 is 11.6 Å². The summed E-state index contributed by atoms with van der Waals surface area (Å²) in [5, 5.41) is 20.3. The molecule has 0 aromatic heterocycles. The van der Waals surface area contributed by atoms with E-state index in [0.717, 1.165) is 12.8 Å². The Morgan fingerprint density at radius 1 is 1.57 bits per heavy atom. The molecule has 1 aromatic carbocycles. The van der Waals surface area contributed by atoms with E-state index >= 15 is 0 Å². The molecule has 1 saturated heterocycles. The van der Waals surface area contributed by atoms with Gasteiger partial charge in [0, 0.05) is 29.8 Å². The summed E-state index contributed by atoms with van der Waals surface area (Å²) in [6, 6.07) is 4.50. The number of hydrogen-bond donors (Lipinski definition) is 1. The van der Waals surface area contributed by atoms with Crippen LogP contribution in [0.2, 0.25) is 0 Å². The fraction of sp³-hybridized carbons (Fsp3) is 0.533. The summed E-state index contributed by atoms with van der Waals surface area (Å²) in [6.45, 7) is 4.02. The van der Waals surface area contributed by atoms with Crippen LogP contribution in [-0.2, 0) is 0 Å². The zero-order valence-electron chi connectivity index (χ0n) is 12.3. The fourth-order valence-electron chi connectivity index (χ4n) is 2.90. The van der Waals surface area contributed by atoms with E-state index in [1.807, 2.05) is 0 Å². The molecule has 21 heavy (non-hydrogen) atoms. The lowest BCUT2D eigenvalue weighted by atomic mass is 10.1. The maximum absolute atomic E-state index is 12.5. The average molecular weight is 292 g/mol. The van der Waals surface area contributed by atoms with Gasteiger partial charge < -0.3 is 10.0 Å². The van der Waals surface area contributed by atoms with E-state index in [2.05, 4.69) is 0 Å². The second-order valence-electron chi connectivity index (χ2n) is 5.64. The zero-order chi connectivity index (χ0) is 15.6. The van der Waals surface area contributed by atoms with Crippen LogP contribution in [0.3, 0.4) is 0 Å². The predicted molar refractivity (Wildman–Crippen MR) is 78.2 cm³/mol. The third-order valence-electron chi connectivity index (χ3n) is 3.89. The van der Waals surface area contributed by atoms with Crippen LogP contribution in [0.25, 0.3) is 0 Å². The van der Waals surface area contributed by atoms with Crippen LogP contribution in [0.4, 0.5) is 5.69 Å². The smallest absolute Gasteiger partial charge is 0.272 e. The monoisotopic (exact) mass is 292 g/mol. The van der Waals surface area contributed by atoms with E-state index in [1.165, 1.54) is 12.1 Å². The number of aryl methyl sites for hydroxylation is 1. The highest BCUT2D eigenvalue weighted by Crippen LogP contribution is 2.25. The fourth-order valence-corrected chi connectivity index (χ4v) is 2.90. The molecule has 2 rings (SSSR count). The van der Waals surface area contributed by atoms with Gasteiger partial charge in [0.2, 0.25) is 0 Å². The largest absolute Gasteiger partial charge is 0.393 e. The molecule has 2 atom stereocenters. The lowest BCUT2D eigenvalue weighted by Crippen LogP contribution is -2.37. The third-order valence-corrected chi connectivity index (χ3v) is 3.89. The summed E-state index contributed by atoms with van der Waals surface area (Å²) in [6.07, 6.45) is 1.94. The van der Waals surface area contributed by atoms with Crippen molar-refractivity contribution < 1.29 is 14.8 Å². The van der Waals surface area contributed by atoms with Crippen molar-refractivity contribution in [2.45, 2.75) is 45.3 Å². The number of benzene rings is 1. The molecule has 6 heteroatoms. The Morgan fingerprint density at radius 3 is 2.86 bits per heavy atom. The molecule has 2 unspecified atom stereocenters. The van der Waals surface area contributed by atoms with Crippen molar-refractivity contribution in [1.82, 2.24) is 4.90 Å². The number of hydrogen-bond acceptors (Lipinski definition) is 4. The van der Waals surface area contributed by atoms with Gasteiger partial charge in [-0.15, -0.1) is 0 Å². The zero-order valence-corrected chi connectivity index (χ0v) is 12.3. The van der Waals surface area contributed by atoms with Gasteiger partial charge in [0.15, 0.2) is 0 Å². The van der Waals surface area contributed by atoms with E-state index < -0.39 is 11.0 Å². The number of nitro groups is 1. The normalized spacial score (nSPS) is 19.6. The topological polar surface area (TPSA) is 83.7 Å². The Morgan fingerprint density at radius 2 is 2.29 bits per heavy atom. The van der Waals surface area contributed by atoms with E-state index in [0.29, 0.717) is 24.1 Å². The highest BCUT2D eigenvalue weighted by Gasteiger charge is 2.30. The van der Waals surface area contributed by atoms with Gasteiger partial charge in [0.25, 0.3) is 11.6 Å². The van der Waals surface area contributed by atoms with Crippen molar-refractivity contribution in [2.24, 2.45) is 0 Å². The summed E-state index contributed by atoms with van der Waals surface area (Å²) in [5.74, 6) is -0.115. The molecule has 1 fully saturated rings. The quantitative estimate of drug-likeness (QED) is 0.681. The molecule has 0 radical (unpaired) electrons. The van der Waals surface area contributed by atoms with Gasteiger partial charge in [0.05, 0.1) is 11.0 Å². The molecular weight excluding hydrogens is 272 g/mol. The molecule has 1 heterocycles. The van der Waals surface area contributed by atoms with Crippen molar-refractivity contribution in [1.29, 1.82) is 0 Å². The van der Waals surface area contributed by atoms with Gasteiger partial charge in [-0.2, -0.15) is 0 Å². The van der Waals surface area contributed by atoms with Crippen molar-refractivity contribution in [3.05, 3.63) is 39.4 Å². The molecular formula is C15H20N2O4. The SMILES string of the molecule is Cc1cc(C(=O)N2CCCC2CC(C)O)ccc1[N+](=O)[O-]. The molecule has 0 bridgehead atoms. The van der Waals surface area contributed by atoms with Crippen molar-refractivity contribution in [3.63, 3.8) is 0 Å². The Balaban J connectivity index is 2.19. The highest BCUT2D eigenvalue weighted by molar-refractivity contribution is 5.95. The van der Waals surface area contributed by atoms with Crippen LogP contribution >= 0.6 is 0 Å². The number of rotatable bonds is 4. The predicted octanol–water partition coefficient (Wildman–Crippen LogP) is 2.28. The Bertz CT molecular complexity index is 557. The van der Waals surface area contributed by atoms with Gasteiger partial charge in [-0.25, -0.2) is 0 Å². The first-order valence-electron chi connectivity index (χ1n) is 7.14. The van der Waals surface area contributed by atoms with Crippen LogP contribution in [0.15, 0.2) is 18.2 Å². The first-order valence-corrected chi connectivity index (χ1v) is 7.14. The minimum absolute atomic E-state index is 0.0218. The standard InChI is InChI=1S/C15H20N2O4/c1-10-8-12(5-6-14(10)17(20)21)15(19)16-7-3-4-13(16)9-11(2)18/h5-6,8,11,13,18H,3-4,7,9H2,1-2H3. The summed E-state index contributed by atoms with van der Waals surface area (Å²) in [7, 11) is 0. The van der Waals surface area contributed by atoms with Gasteiger partial charge in [-0.3, -0.25) is 14.9 Å². The number of nitrogens with zero attached hydrogens (tertiary/aromatic N) is 2. The number of nitro benzene ring substituents is 1. The molecule has 1 aliphatic heterocycles. The first kappa shape index (κ1) is 15.4. The van der Waals surface area contributed by atoms with E-state index in [-0.39, 0.29) is 17.6 Å². The maximum atomic E-state index is 12.5. The summed E-state index contributed by atoms with van der Waals surface area (Å²) >= 11 is 0. The number of carbonyl (C=O) groups excluding carboxylic acids is 1. The van der Waals surface area contributed by atoms with Gasteiger partial charge in [-0.1, -0.05) is 0 Å². The molecule has 1 N–H and O–H groups in total. The van der Waals surface area contributed by atoms with Crippen LogP contribution in [0.5, 0.6) is 0 Å². The van der Waals surface area contributed by atoms with E-state index in [4.69, 9.17) is 0 Å². The molecule has 1 amide bonds. The molecule has 0 saturated carbocycles. The van der Waals surface area contributed by atoms with Crippen molar-refractivity contribution in [2.75, 3.05) is 6.54 Å². The Hall–Kier alpha value is -1.95. The molecule has 1 aromatic rings. The number of carbonyl (C=O) groups is 1. The molecule has 6 nitrogen and oxygen atoms in total. The van der Waals surface area contributed by atoms with Crippen LogP contribution < -0.4 is 0 Å². The number of aliphatic hydroxyl groups excluding tert-OH is 1. The number of aliphatic hydroxyl groups is 1. The minimum Gasteiger partial charge on any atom is -0.393 e. The number of amides is 1. The molecule has 0 aliphatic carbocycles. The highest BCUT2D eigenvalue weighted by atomic mass is 16.6. The molecule has 0 spiro atoms. The van der Waals surface area contributed by atoms with E-state index in [9.17, 15) is 20.0 Å². The third kappa shape index (κ3) is 3.39.